The van der Waals surface area contributed by atoms with Crippen LogP contribution in [-0.2, 0) is 12.8 Å². The van der Waals surface area contributed by atoms with Gasteiger partial charge in [0.15, 0.2) is 5.65 Å². The molecule has 0 aliphatic heterocycles. The van der Waals surface area contributed by atoms with Crippen molar-refractivity contribution in [2.24, 2.45) is 0 Å². The highest BCUT2D eigenvalue weighted by Gasteiger charge is 2.05. The average molecular weight is 330 g/mol. The third-order valence-electron chi connectivity index (χ3n) is 3.95. The molecule has 4 rings (SSSR count). The lowest BCUT2D eigenvalue weighted by Crippen LogP contribution is -2.10. The summed E-state index contributed by atoms with van der Waals surface area (Å²) in [5.74, 6) is 2.57. The summed E-state index contributed by atoms with van der Waals surface area (Å²) in [6.45, 7) is 0.734. The van der Waals surface area contributed by atoms with Crippen LogP contribution in [0.25, 0.3) is 5.65 Å². The van der Waals surface area contributed by atoms with Gasteiger partial charge in [0.05, 0.1) is 0 Å². The number of anilines is 1. The fourth-order valence-corrected chi connectivity index (χ4v) is 2.72. The van der Waals surface area contributed by atoms with Crippen molar-refractivity contribution in [3.63, 3.8) is 0 Å². The largest absolute Gasteiger partial charge is 0.370 e. The van der Waals surface area contributed by atoms with Gasteiger partial charge in [-0.1, -0.05) is 36.4 Å². The topological polar surface area (TPSA) is 68.0 Å². The van der Waals surface area contributed by atoms with E-state index < -0.39 is 0 Å². The maximum absolute atomic E-state index is 4.58. The summed E-state index contributed by atoms with van der Waals surface area (Å²) in [6.07, 6.45) is 5.27. The number of rotatable bonds is 6. The molecule has 0 radical (unpaired) electrons. The minimum Gasteiger partial charge on any atom is -0.370 e. The second-order valence-corrected chi connectivity index (χ2v) is 5.74. The summed E-state index contributed by atoms with van der Waals surface area (Å²) in [6, 6.07) is 18.0. The van der Waals surface area contributed by atoms with Gasteiger partial charge in [0.25, 0.3) is 0 Å². The zero-order valence-corrected chi connectivity index (χ0v) is 13.7. The molecule has 6 nitrogen and oxygen atoms in total. The standard InChI is InChI=1S/C19H18N6/c1-2-6-15(7-3-1)14-17-21-11-9-16(22-17)20-12-10-19-24-23-18-8-4-5-13-25(18)19/h1-9,11,13H,10,12,14H2,(H,20,21,22). The van der Waals surface area contributed by atoms with Gasteiger partial charge < -0.3 is 5.32 Å². The Morgan fingerprint density at radius 2 is 1.80 bits per heavy atom. The maximum Gasteiger partial charge on any atom is 0.160 e. The van der Waals surface area contributed by atoms with Crippen molar-refractivity contribution in [1.29, 1.82) is 0 Å². The quantitative estimate of drug-likeness (QED) is 0.589. The Morgan fingerprint density at radius 3 is 2.72 bits per heavy atom. The maximum atomic E-state index is 4.58. The Morgan fingerprint density at radius 1 is 0.920 bits per heavy atom. The van der Waals surface area contributed by atoms with Gasteiger partial charge in [0.2, 0.25) is 0 Å². The number of hydrogen-bond donors (Lipinski definition) is 1. The number of pyridine rings is 1. The van der Waals surface area contributed by atoms with E-state index in [0.717, 1.165) is 42.5 Å². The molecule has 1 N–H and O–H groups in total. The van der Waals surface area contributed by atoms with Crippen molar-refractivity contribution < 1.29 is 0 Å². The first-order valence-corrected chi connectivity index (χ1v) is 8.27. The lowest BCUT2D eigenvalue weighted by atomic mass is 10.1. The highest BCUT2D eigenvalue weighted by molar-refractivity contribution is 5.38. The monoisotopic (exact) mass is 330 g/mol. The summed E-state index contributed by atoms with van der Waals surface area (Å²) < 4.78 is 2.00. The molecular formula is C19H18N6. The van der Waals surface area contributed by atoms with Crippen LogP contribution in [-0.4, -0.2) is 31.1 Å². The number of nitrogens with zero attached hydrogens (tertiary/aromatic N) is 5. The number of aromatic nitrogens is 5. The van der Waals surface area contributed by atoms with Crippen LogP contribution < -0.4 is 5.32 Å². The van der Waals surface area contributed by atoms with E-state index in [1.165, 1.54) is 5.56 Å². The lowest BCUT2D eigenvalue weighted by Gasteiger charge is -2.06. The van der Waals surface area contributed by atoms with Crippen molar-refractivity contribution in [2.75, 3.05) is 11.9 Å². The molecule has 0 spiro atoms. The Bertz CT molecular complexity index is 964. The van der Waals surface area contributed by atoms with Gasteiger partial charge in [-0.3, -0.25) is 4.40 Å². The molecule has 0 atom stereocenters. The van der Waals surface area contributed by atoms with Crippen LogP contribution in [0.2, 0.25) is 0 Å². The van der Waals surface area contributed by atoms with Crippen LogP contribution in [0.4, 0.5) is 5.82 Å². The molecule has 0 unspecified atom stereocenters. The average Bonchev–Trinajstić information content (AvgIpc) is 3.06. The normalized spacial score (nSPS) is 10.9. The summed E-state index contributed by atoms with van der Waals surface area (Å²) in [5, 5.41) is 11.7. The SMILES string of the molecule is c1ccc(Cc2nccc(NCCc3nnc4ccccn34)n2)cc1. The second kappa shape index (κ2) is 7.09. The van der Waals surface area contributed by atoms with Gasteiger partial charge in [-0.25, -0.2) is 9.97 Å². The predicted octanol–water partition coefficient (Wildman–Crippen LogP) is 2.76. The number of benzene rings is 1. The van der Waals surface area contributed by atoms with Crippen molar-refractivity contribution in [3.05, 3.63) is 84.2 Å². The van der Waals surface area contributed by atoms with Crippen molar-refractivity contribution >= 4 is 11.5 Å². The number of hydrogen-bond acceptors (Lipinski definition) is 5. The van der Waals surface area contributed by atoms with E-state index in [0.29, 0.717) is 0 Å². The van der Waals surface area contributed by atoms with Crippen LogP contribution >= 0.6 is 0 Å². The van der Waals surface area contributed by atoms with Crippen LogP contribution in [0.1, 0.15) is 17.2 Å². The van der Waals surface area contributed by atoms with E-state index in [9.17, 15) is 0 Å². The molecule has 0 saturated heterocycles. The Labute approximate surface area is 145 Å². The Hall–Kier alpha value is -3.28. The number of fused-ring (bicyclic) bond motifs is 1. The molecular weight excluding hydrogens is 312 g/mol. The zero-order chi connectivity index (χ0) is 16.9. The van der Waals surface area contributed by atoms with Gasteiger partial charge in [0, 0.05) is 31.8 Å². The van der Waals surface area contributed by atoms with Gasteiger partial charge in [-0.2, -0.15) is 0 Å². The molecule has 0 aliphatic carbocycles. The first-order chi connectivity index (χ1) is 12.4. The van der Waals surface area contributed by atoms with E-state index in [1.807, 2.05) is 53.1 Å². The highest BCUT2D eigenvalue weighted by Crippen LogP contribution is 2.09. The smallest absolute Gasteiger partial charge is 0.160 e. The third kappa shape index (κ3) is 3.63. The van der Waals surface area contributed by atoms with E-state index in [-0.39, 0.29) is 0 Å². The first kappa shape index (κ1) is 15.3. The number of nitrogens with one attached hydrogen (secondary N) is 1. The molecule has 0 amide bonds. The van der Waals surface area contributed by atoms with Crippen molar-refractivity contribution in [3.8, 4) is 0 Å². The third-order valence-corrected chi connectivity index (χ3v) is 3.95. The van der Waals surface area contributed by atoms with Crippen LogP contribution in [0.15, 0.2) is 67.0 Å². The fourth-order valence-electron chi connectivity index (χ4n) is 2.72. The van der Waals surface area contributed by atoms with Gasteiger partial charge in [0.1, 0.15) is 17.5 Å². The van der Waals surface area contributed by atoms with Gasteiger partial charge in [-0.05, 0) is 23.8 Å². The molecule has 0 saturated carbocycles. The molecule has 6 heteroatoms. The first-order valence-electron chi connectivity index (χ1n) is 8.27. The van der Waals surface area contributed by atoms with Crippen LogP contribution in [0, 0.1) is 0 Å². The zero-order valence-electron chi connectivity index (χ0n) is 13.7. The second-order valence-electron chi connectivity index (χ2n) is 5.74. The molecule has 0 bridgehead atoms. The van der Waals surface area contributed by atoms with Crippen molar-refractivity contribution in [1.82, 2.24) is 24.6 Å². The molecule has 0 aliphatic rings. The van der Waals surface area contributed by atoms with E-state index in [2.05, 4.69) is 37.6 Å². The van der Waals surface area contributed by atoms with E-state index >= 15 is 0 Å². The lowest BCUT2D eigenvalue weighted by molar-refractivity contribution is 0.863. The molecule has 4 aromatic rings. The van der Waals surface area contributed by atoms with E-state index in [4.69, 9.17) is 0 Å². The van der Waals surface area contributed by atoms with Gasteiger partial charge >= 0.3 is 0 Å². The summed E-state index contributed by atoms with van der Waals surface area (Å²) in [7, 11) is 0. The Kier molecular flexibility index (Phi) is 4.33. The highest BCUT2D eigenvalue weighted by atomic mass is 15.2. The van der Waals surface area contributed by atoms with Crippen LogP contribution in [0.5, 0.6) is 0 Å². The Balaban J connectivity index is 1.39. The summed E-state index contributed by atoms with van der Waals surface area (Å²) >= 11 is 0. The predicted molar refractivity (Wildman–Crippen MR) is 96.5 cm³/mol. The fraction of sp³-hybridized carbons (Fsp3) is 0.158. The molecule has 25 heavy (non-hydrogen) atoms. The van der Waals surface area contributed by atoms with Gasteiger partial charge in [-0.15, -0.1) is 10.2 Å². The molecule has 0 fully saturated rings. The van der Waals surface area contributed by atoms with Crippen LogP contribution in [0.3, 0.4) is 0 Å². The summed E-state index contributed by atoms with van der Waals surface area (Å²) in [4.78, 5) is 8.94. The minimum atomic E-state index is 0.727. The minimum absolute atomic E-state index is 0.727. The molecule has 3 heterocycles. The summed E-state index contributed by atoms with van der Waals surface area (Å²) in [5.41, 5.74) is 2.07. The van der Waals surface area contributed by atoms with E-state index in [1.54, 1.807) is 6.20 Å². The molecule has 124 valence electrons. The van der Waals surface area contributed by atoms with Crippen molar-refractivity contribution in [2.45, 2.75) is 12.8 Å². The molecule has 3 aromatic heterocycles. The molecule has 1 aromatic carbocycles.